The Morgan fingerprint density at radius 1 is 1.11 bits per heavy atom. The van der Waals surface area contributed by atoms with Crippen LogP contribution in [0.15, 0.2) is 72.8 Å². The van der Waals surface area contributed by atoms with Crippen LogP contribution in [0.25, 0.3) is 22.0 Å². The molecule has 1 aromatic heterocycles. The number of allylic oxidation sites excluding steroid dienone is 1. The predicted octanol–water partition coefficient (Wildman–Crippen LogP) is 7.55. The number of fused-ring (bicyclic) bond motifs is 1. The van der Waals surface area contributed by atoms with E-state index in [-0.39, 0.29) is 5.82 Å². The molecule has 0 spiro atoms. The Morgan fingerprint density at radius 2 is 1.89 bits per heavy atom. The van der Waals surface area contributed by atoms with Crippen LogP contribution < -0.4 is 4.74 Å². The number of hydrogen-bond donors (Lipinski definition) is 1. The van der Waals surface area contributed by atoms with E-state index in [0.717, 1.165) is 70.7 Å². The monoisotopic (exact) mass is 513 g/mol. The molecular formula is C31H29ClFN3O. The molecule has 4 aromatic rings. The molecule has 3 aromatic carbocycles. The minimum atomic E-state index is -0.350. The topological polar surface area (TPSA) is 52.0 Å². The Kier molecular flexibility index (Phi) is 7.60. The lowest BCUT2D eigenvalue weighted by atomic mass is 9.90. The van der Waals surface area contributed by atoms with Crippen molar-refractivity contribution in [1.29, 1.82) is 5.26 Å². The van der Waals surface area contributed by atoms with Gasteiger partial charge in [-0.3, -0.25) is 4.90 Å². The van der Waals surface area contributed by atoms with Gasteiger partial charge >= 0.3 is 0 Å². The van der Waals surface area contributed by atoms with Crippen LogP contribution in [0.1, 0.15) is 36.6 Å². The molecule has 6 heteroatoms. The van der Waals surface area contributed by atoms with Crippen molar-refractivity contribution in [3.05, 3.63) is 100 Å². The van der Waals surface area contributed by atoms with Gasteiger partial charge in [0.05, 0.1) is 11.1 Å². The maximum Gasteiger partial charge on any atom is 0.124 e. The molecule has 0 amide bonds. The van der Waals surface area contributed by atoms with Crippen molar-refractivity contribution in [3.8, 4) is 11.8 Å². The number of H-pyrrole nitrogens is 1. The molecule has 1 saturated heterocycles. The van der Waals surface area contributed by atoms with Gasteiger partial charge in [0.1, 0.15) is 18.2 Å². The fourth-order valence-corrected chi connectivity index (χ4v) is 5.35. The molecule has 2 heterocycles. The number of rotatable bonds is 9. The molecule has 0 aliphatic carbocycles. The highest BCUT2D eigenvalue weighted by Gasteiger charge is 2.25. The van der Waals surface area contributed by atoms with E-state index in [0.29, 0.717) is 24.0 Å². The van der Waals surface area contributed by atoms with Gasteiger partial charge in [-0.25, -0.2) is 4.39 Å². The first kappa shape index (κ1) is 25.1. The van der Waals surface area contributed by atoms with Gasteiger partial charge in [0.25, 0.3) is 0 Å². The van der Waals surface area contributed by atoms with Crippen LogP contribution in [-0.4, -0.2) is 36.1 Å². The van der Waals surface area contributed by atoms with Crippen LogP contribution in [0.2, 0.25) is 5.02 Å². The standard InChI is InChI=1S/C31H29ClFN3O/c1-2-26(27-12-9-24(33)18-28(27)32)31(30-17-23-5-3-4-6-29(23)35-30)22-7-10-25(11-8-22)37-16-15-36-19-21(20-36)13-14-34/h3-12,17-18,21,35H,2,13,15-16,19-20H2,1H3/b31-26+. The summed E-state index contributed by atoms with van der Waals surface area (Å²) in [7, 11) is 0. The molecule has 1 fully saturated rings. The van der Waals surface area contributed by atoms with Crippen LogP contribution in [-0.2, 0) is 0 Å². The third-order valence-electron chi connectivity index (χ3n) is 6.94. The van der Waals surface area contributed by atoms with E-state index >= 15 is 0 Å². The number of aromatic nitrogens is 1. The number of nitrogens with zero attached hydrogens (tertiary/aromatic N) is 2. The van der Waals surface area contributed by atoms with Crippen LogP contribution in [0.4, 0.5) is 4.39 Å². The van der Waals surface area contributed by atoms with Crippen molar-refractivity contribution >= 4 is 33.7 Å². The zero-order chi connectivity index (χ0) is 25.8. The molecular weight excluding hydrogens is 485 g/mol. The molecule has 0 atom stereocenters. The van der Waals surface area contributed by atoms with E-state index < -0.39 is 0 Å². The minimum absolute atomic E-state index is 0.350. The fourth-order valence-electron chi connectivity index (χ4n) is 5.06. The number of hydrogen-bond acceptors (Lipinski definition) is 3. The smallest absolute Gasteiger partial charge is 0.124 e. The zero-order valence-electron chi connectivity index (χ0n) is 20.8. The molecule has 5 rings (SSSR count). The molecule has 0 unspecified atom stereocenters. The van der Waals surface area contributed by atoms with Crippen molar-refractivity contribution < 1.29 is 9.13 Å². The summed E-state index contributed by atoms with van der Waals surface area (Å²) in [4.78, 5) is 5.88. The third kappa shape index (κ3) is 5.56. The van der Waals surface area contributed by atoms with Crippen LogP contribution in [0, 0.1) is 23.1 Å². The second-order valence-corrected chi connectivity index (χ2v) is 9.87. The highest BCUT2D eigenvalue weighted by molar-refractivity contribution is 6.32. The molecule has 0 bridgehead atoms. The summed E-state index contributed by atoms with van der Waals surface area (Å²) in [5.74, 6) is 0.963. The van der Waals surface area contributed by atoms with E-state index in [1.165, 1.54) is 12.1 Å². The number of nitriles is 1. The number of ether oxygens (including phenoxy) is 1. The maximum absolute atomic E-state index is 13.8. The van der Waals surface area contributed by atoms with Gasteiger partial charge in [-0.1, -0.05) is 54.9 Å². The molecule has 4 nitrogen and oxygen atoms in total. The summed E-state index contributed by atoms with van der Waals surface area (Å²) < 4.78 is 19.8. The summed E-state index contributed by atoms with van der Waals surface area (Å²) in [6.45, 7) is 5.49. The highest BCUT2D eigenvalue weighted by atomic mass is 35.5. The Hall–Kier alpha value is -3.59. The minimum Gasteiger partial charge on any atom is -0.492 e. The van der Waals surface area contributed by atoms with Gasteiger partial charge in [-0.2, -0.15) is 5.26 Å². The van der Waals surface area contributed by atoms with Gasteiger partial charge in [-0.05, 0) is 65.4 Å². The lowest BCUT2D eigenvalue weighted by Gasteiger charge is -2.37. The molecule has 1 aliphatic rings. The molecule has 188 valence electrons. The summed E-state index contributed by atoms with van der Waals surface area (Å²) >= 11 is 6.53. The van der Waals surface area contributed by atoms with Crippen molar-refractivity contribution in [2.75, 3.05) is 26.2 Å². The quantitative estimate of drug-likeness (QED) is 0.235. The maximum atomic E-state index is 13.8. The fraction of sp³-hybridized carbons (Fsp3) is 0.258. The largest absolute Gasteiger partial charge is 0.492 e. The lowest BCUT2D eigenvalue weighted by Crippen LogP contribution is -2.47. The first-order chi connectivity index (χ1) is 18.1. The van der Waals surface area contributed by atoms with E-state index in [1.54, 1.807) is 6.07 Å². The van der Waals surface area contributed by atoms with Gasteiger partial charge < -0.3 is 9.72 Å². The van der Waals surface area contributed by atoms with E-state index in [1.807, 2.05) is 24.3 Å². The first-order valence-corrected chi connectivity index (χ1v) is 13.0. The highest BCUT2D eigenvalue weighted by Crippen LogP contribution is 2.38. The number of nitrogens with one attached hydrogen (secondary N) is 1. The van der Waals surface area contributed by atoms with Crippen molar-refractivity contribution in [1.82, 2.24) is 9.88 Å². The first-order valence-electron chi connectivity index (χ1n) is 12.6. The molecule has 1 aliphatic heterocycles. The van der Waals surface area contributed by atoms with Crippen LogP contribution in [0.3, 0.4) is 0 Å². The third-order valence-corrected chi connectivity index (χ3v) is 7.26. The number of likely N-dealkylation sites (tertiary alicyclic amines) is 1. The Bertz CT molecular complexity index is 1430. The van der Waals surface area contributed by atoms with Crippen LogP contribution in [0.5, 0.6) is 5.75 Å². The van der Waals surface area contributed by atoms with Crippen LogP contribution >= 0.6 is 11.6 Å². The lowest BCUT2D eigenvalue weighted by molar-refractivity contribution is 0.0854. The van der Waals surface area contributed by atoms with Crippen molar-refractivity contribution in [3.63, 3.8) is 0 Å². The summed E-state index contributed by atoms with van der Waals surface area (Å²) in [6.07, 6.45) is 1.35. The Morgan fingerprint density at radius 3 is 2.59 bits per heavy atom. The van der Waals surface area contributed by atoms with E-state index in [4.69, 9.17) is 21.6 Å². The molecule has 37 heavy (non-hydrogen) atoms. The number of benzene rings is 3. The second-order valence-electron chi connectivity index (χ2n) is 9.46. The van der Waals surface area contributed by atoms with Gasteiger partial charge in [0, 0.05) is 48.2 Å². The predicted molar refractivity (Wildman–Crippen MR) is 148 cm³/mol. The SMILES string of the molecule is CC/C(=C(/c1ccc(OCCN2CC(CC#N)C2)cc1)c1cc2ccccc2[nH]1)c1ccc(F)cc1Cl. The molecule has 1 N–H and O–H groups in total. The van der Waals surface area contributed by atoms with Gasteiger partial charge in [0.15, 0.2) is 0 Å². The zero-order valence-corrected chi connectivity index (χ0v) is 21.6. The Labute approximate surface area is 221 Å². The second kappa shape index (κ2) is 11.2. The average molecular weight is 514 g/mol. The number of halogens is 2. The molecule has 0 saturated carbocycles. The number of aromatic amines is 1. The summed E-state index contributed by atoms with van der Waals surface area (Å²) in [5, 5.41) is 10.3. The normalized spacial score (nSPS) is 14.8. The Balaban J connectivity index is 1.43. The van der Waals surface area contributed by atoms with Gasteiger partial charge in [0.2, 0.25) is 0 Å². The number of para-hydroxylation sites is 1. The van der Waals surface area contributed by atoms with Crippen molar-refractivity contribution in [2.45, 2.75) is 19.8 Å². The summed E-state index contributed by atoms with van der Waals surface area (Å²) in [6, 6.07) is 25.3. The van der Waals surface area contributed by atoms with E-state index in [9.17, 15) is 4.39 Å². The average Bonchev–Trinajstić information content (AvgIpc) is 3.30. The van der Waals surface area contributed by atoms with Crippen molar-refractivity contribution in [2.24, 2.45) is 5.92 Å². The van der Waals surface area contributed by atoms with E-state index in [2.05, 4.69) is 53.2 Å². The summed E-state index contributed by atoms with van der Waals surface area (Å²) in [5.41, 5.74) is 5.95. The molecule has 0 radical (unpaired) electrons. The van der Waals surface area contributed by atoms with Gasteiger partial charge in [-0.15, -0.1) is 0 Å².